The zero-order valence-electron chi connectivity index (χ0n) is 8.36. The zero-order chi connectivity index (χ0) is 10.6. The van der Waals surface area contributed by atoms with Crippen LogP contribution in [0, 0.1) is 0 Å². The number of hydroxylamine groups is 2. The van der Waals surface area contributed by atoms with Gasteiger partial charge in [0, 0.05) is 12.6 Å². The average Bonchev–Trinajstić information content (AvgIpc) is 2.26. The quantitative estimate of drug-likeness (QED) is 0.683. The topological polar surface area (TPSA) is 29.5 Å². The lowest BCUT2D eigenvalue weighted by atomic mass is 10.1. The molecule has 1 aromatic rings. The molecule has 0 saturated heterocycles. The Morgan fingerprint density at radius 2 is 2.14 bits per heavy atom. The number of rotatable bonds is 3. The molecular weight excluding hydrogens is 178 g/mol. The van der Waals surface area contributed by atoms with Crippen LogP contribution in [0.1, 0.15) is 15.9 Å². The summed E-state index contributed by atoms with van der Waals surface area (Å²) in [4.78, 5) is 16.5. The second-order valence-electron chi connectivity index (χ2n) is 2.78. The molecule has 3 heteroatoms. The molecule has 14 heavy (non-hydrogen) atoms. The van der Waals surface area contributed by atoms with Crippen LogP contribution in [0.2, 0.25) is 0 Å². The van der Waals surface area contributed by atoms with Crippen LogP contribution in [0.3, 0.4) is 0 Å². The average molecular weight is 191 g/mol. The minimum absolute atomic E-state index is 0.178. The highest BCUT2D eigenvalue weighted by molar-refractivity contribution is 5.96. The highest BCUT2D eigenvalue weighted by Crippen LogP contribution is 2.12. The molecule has 0 saturated carbocycles. The molecule has 0 N–H and O–H groups in total. The molecule has 1 rings (SSSR count). The maximum Gasteiger partial charge on any atom is 0.277 e. The molecule has 74 valence electrons. The first kappa shape index (κ1) is 10.5. The van der Waals surface area contributed by atoms with E-state index in [0.29, 0.717) is 5.56 Å². The van der Waals surface area contributed by atoms with E-state index in [2.05, 4.69) is 6.58 Å². The molecule has 0 unspecified atom stereocenters. The van der Waals surface area contributed by atoms with Crippen LogP contribution in [-0.2, 0) is 4.84 Å². The fraction of sp³-hybridized carbons (Fsp3) is 0.182. The van der Waals surface area contributed by atoms with Gasteiger partial charge in [-0.25, -0.2) is 5.06 Å². The number of carbonyl (C=O) groups excluding carboxylic acids is 1. The third-order valence-corrected chi connectivity index (χ3v) is 1.97. The van der Waals surface area contributed by atoms with Crippen molar-refractivity contribution in [2.24, 2.45) is 0 Å². The van der Waals surface area contributed by atoms with Gasteiger partial charge in [-0.1, -0.05) is 30.9 Å². The van der Waals surface area contributed by atoms with E-state index in [4.69, 9.17) is 4.84 Å². The van der Waals surface area contributed by atoms with E-state index >= 15 is 0 Å². The first-order valence-electron chi connectivity index (χ1n) is 4.24. The van der Waals surface area contributed by atoms with E-state index in [1.54, 1.807) is 19.2 Å². The van der Waals surface area contributed by atoms with Crippen molar-refractivity contribution in [2.45, 2.75) is 0 Å². The highest BCUT2D eigenvalue weighted by atomic mass is 16.7. The van der Waals surface area contributed by atoms with Crippen LogP contribution < -0.4 is 0 Å². The molecule has 0 aliphatic heterocycles. The standard InChI is InChI=1S/C11H13NO2/c1-4-9-7-5-6-8-10(9)11(13)12(2)14-3/h4-8H,1H2,2-3H3. The van der Waals surface area contributed by atoms with Crippen LogP contribution in [0.15, 0.2) is 30.8 Å². The summed E-state index contributed by atoms with van der Waals surface area (Å²) in [5.41, 5.74) is 1.40. The van der Waals surface area contributed by atoms with Crippen LogP contribution in [0.4, 0.5) is 0 Å². The molecule has 1 amide bonds. The molecule has 1 aromatic carbocycles. The smallest absolute Gasteiger partial charge is 0.274 e. The lowest BCUT2D eigenvalue weighted by Crippen LogP contribution is -2.25. The molecule has 0 aliphatic carbocycles. The fourth-order valence-corrected chi connectivity index (χ4v) is 1.12. The van der Waals surface area contributed by atoms with Crippen LogP contribution in [0.5, 0.6) is 0 Å². The Morgan fingerprint density at radius 3 is 2.71 bits per heavy atom. The Kier molecular flexibility index (Phi) is 3.42. The van der Waals surface area contributed by atoms with E-state index in [1.165, 1.54) is 12.2 Å². The molecule has 0 heterocycles. The third-order valence-electron chi connectivity index (χ3n) is 1.97. The van der Waals surface area contributed by atoms with Crippen molar-refractivity contribution in [3.63, 3.8) is 0 Å². The van der Waals surface area contributed by atoms with Crippen molar-refractivity contribution in [3.05, 3.63) is 42.0 Å². The monoisotopic (exact) mass is 191 g/mol. The third kappa shape index (κ3) is 2.00. The molecule has 0 aromatic heterocycles. The van der Waals surface area contributed by atoms with Crippen molar-refractivity contribution in [1.82, 2.24) is 5.06 Å². The van der Waals surface area contributed by atoms with Gasteiger partial charge in [0.15, 0.2) is 0 Å². The summed E-state index contributed by atoms with van der Waals surface area (Å²) in [5.74, 6) is -0.178. The predicted molar refractivity (Wildman–Crippen MR) is 55.6 cm³/mol. The van der Waals surface area contributed by atoms with Gasteiger partial charge in [-0.05, 0) is 11.6 Å². The van der Waals surface area contributed by atoms with Gasteiger partial charge < -0.3 is 0 Å². The van der Waals surface area contributed by atoms with Crippen molar-refractivity contribution < 1.29 is 9.63 Å². The molecule has 0 spiro atoms. The van der Waals surface area contributed by atoms with Gasteiger partial charge in [-0.3, -0.25) is 9.63 Å². The number of hydrogen-bond acceptors (Lipinski definition) is 2. The van der Waals surface area contributed by atoms with E-state index in [9.17, 15) is 4.79 Å². The van der Waals surface area contributed by atoms with Crippen LogP contribution in [0.25, 0.3) is 6.08 Å². The minimum atomic E-state index is -0.178. The fourth-order valence-electron chi connectivity index (χ4n) is 1.12. The molecule has 0 fully saturated rings. The maximum atomic E-state index is 11.7. The SMILES string of the molecule is C=Cc1ccccc1C(=O)N(C)OC. The van der Waals surface area contributed by atoms with E-state index in [0.717, 1.165) is 5.56 Å². The van der Waals surface area contributed by atoms with E-state index in [-0.39, 0.29) is 5.91 Å². The number of benzene rings is 1. The second-order valence-corrected chi connectivity index (χ2v) is 2.78. The summed E-state index contributed by atoms with van der Waals surface area (Å²) in [6, 6.07) is 7.25. The van der Waals surface area contributed by atoms with Crippen molar-refractivity contribution in [1.29, 1.82) is 0 Å². The summed E-state index contributed by atoms with van der Waals surface area (Å²) < 4.78 is 0. The van der Waals surface area contributed by atoms with Gasteiger partial charge in [0.2, 0.25) is 0 Å². The Balaban J connectivity index is 3.05. The zero-order valence-corrected chi connectivity index (χ0v) is 8.36. The Morgan fingerprint density at radius 1 is 1.50 bits per heavy atom. The van der Waals surface area contributed by atoms with Crippen LogP contribution >= 0.6 is 0 Å². The lowest BCUT2D eigenvalue weighted by molar-refractivity contribution is -0.0757. The van der Waals surface area contributed by atoms with Gasteiger partial charge >= 0.3 is 0 Å². The number of nitrogens with zero attached hydrogens (tertiary/aromatic N) is 1. The predicted octanol–water partition coefficient (Wildman–Crippen LogP) is 1.96. The minimum Gasteiger partial charge on any atom is -0.274 e. The van der Waals surface area contributed by atoms with Crippen LogP contribution in [-0.4, -0.2) is 25.1 Å². The Hall–Kier alpha value is -1.61. The summed E-state index contributed by atoms with van der Waals surface area (Å²) in [5, 5.41) is 1.18. The molecule has 0 radical (unpaired) electrons. The molecule has 0 aliphatic rings. The van der Waals surface area contributed by atoms with E-state index < -0.39 is 0 Å². The van der Waals surface area contributed by atoms with Gasteiger partial charge in [0.25, 0.3) is 5.91 Å². The van der Waals surface area contributed by atoms with Crippen molar-refractivity contribution in [2.75, 3.05) is 14.2 Å². The van der Waals surface area contributed by atoms with Gasteiger partial charge in [-0.15, -0.1) is 0 Å². The number of carbonyl (C=O) groups is 1. The van der Waals surface area contributed by atoms with Gasteiger partial charge in [0.05, 0.1) is 7.11 Å². The molecule has 0 atom stereocenters. The molecule has 3 nitrogen and oxygen atoms in total. The highest BCUT2D eigenvalue weighted by Gasteiger charge is 2.13. The first-order valence-corrected chi connectivity index (χ1v) is 4.24. The van der Waals surface area contributed by atoms with E-state index in [1.807, 2.05) is 18.2 Å². The van der Waals surface area contributed by atoms with Gasteiger partial charge in [-0.2, -0.15) is 0 Å². The lowest BCUT2D eigenvalue weighted by Gasteiger charge is -2.14. The summed E-state index contributed by atoms with van der Waals surface area (Å²) in [6.45, 7) is 3.65. The Labute approximate surface area is 83.6 Å². The normalized spacial score (nSPS) is 9.57. The Bertz CT molecular complexity index is 347. The largest absolute Gasteiger partial charge is 0.277 e. The van der Waals surface area contributed by atoms with Gasteiger partial charge in [0.1, 0.15) is 0 Å². The number of hydrogen-bond donors (Lipinski definition) is 0. The number of amides is 1. The summed E-state index contributed by atoms with van der Waals surface area (Å²) in [6.07, 6.45) is 1.65. The van der Waals surface area contributed by atoms with Crippen molar-refractivity contribution in [3.8, 4) is 0 Å². The second kappa shape index (κ2) is 4.58. The maximum absolute atomic E-state index is 11.7. The van der Waals surface area contributed by atoms with Crippen molar-refractivity contribution >= 4 is 12.0 Å². The molecular formula is C11H13NO2. The summed E-state index contributed by atoms with van der Waals surface area (Å²) in [7, 11) is 3.02. The molecule has 0 bridgehead atoms. The first-order chi connectivity index (χ1) is 6.70. The summed E-state index contributed by atoms with van der Waals surface area (Å²) >= 11 is 0.